The van der Waals surface area contributed by atoms with Crippen LogP contribution in [0.4, 0.5) is 5.82 Å². The Morgan fingerprint density at radius 3 is 2.59 bits per heavy atom. The molecular weight excluding hydrogens is 360 g/mol. The molecule has 0 aliphatic carbocycles. The third-order valence-corrected chi connectivity index (χ3v) is 6.20. The number of piperidine rings is 1. The Balaban J connectivity index is 1.58. The Kier molecular flexibility index (Phi) is 5.85. The van der Waals surface area contributed by atoms with Crippen LogP contribution >= 0.6 is 0 Å². The van der Waals surface area contributed by atoms with Crippen molar-refractivity contribution < 1.29 is 13.2 Å². The summed E-state index contributed by atoms with van der Waals surface area (Å²) in [4.78, 5) is 7.09. The van der Waals surface area contributed by atoms with E-state index in [1.165, 1.54) is 6.26 Å². The number of ether oxygens (including phenoxy) is 1. The van der Waals surface area contributed by atoms with E-state index < -0.39 is 9.84 Å². The molecule has 2 aromatic rings. The number of hydrogen-bond acceptors (Lipinski definition) is 5. The van der Waals surface area contributed by atoms with E-state index in [4.69, 9.17) is 4.74 Å². The fourth-order valence-electron chi connectivity index (χ4n) is 3.39. The minimum Gasteiger partial charge on any atom is -0.490 e. The Morgan fingerprint density at radius 1 is 1.26 bits per heavy atom. The molecule has 0 saturated carbocycles. The summed E-state index contributed by atoms with van der Waals surface area (Å²) in [5.74, 6) is 2.03. The smallest absolute Gasteiger partial charge is 0.175 e. The lowest BCUT2D eigenvalue weighted by molar-refractivity contribution is 0.132. The van der Waals surface area contributed by atoms with Crippen LogP contribution in [0.1, 0.15) is 25.3 Å². The van der Waals surface area contributed by atoms with E-state index in [0.29, 0.717) is 11.7 Å². The Bertz CT molecular complexity index is 886. The maximum atomic E-state index is 11.7. The highest BCUT2D eigenvalue weighted by atomic mass is 32.2. The van der Waals surface area contributed by atoms with Gasteiger partial charge in [0.1, 0.15) is 11.6 Å². The van der Waals surface area contributed by atoms with Gasteiger partial charge in [0, 0.05) is 25.5 Å². The molecule has 6 heteroatoms. The van der Waals surface area contributed by atoms with Crippen LogP contribution in [0.2, 0.25) is 0 Å². The zero-order chi connectivity index (χ0) is 19.4. The van der Waals surface area contributed by atoms with Crippen LogP contribution in [0.5, 0.6) is 5.75 Å². The molecule has 1 unspecified atom stereocenters. The quantitative estimate of drug-likeness (QED) is 0.755. The topological polar surface area (TPSA) is 59.5 Å². The van der Waals surface area contributed by atoms with Crippen LogP contribution in [-0.2, 0) is 9.84 Å². The Hall–Kier alpha value is -2.34. The molecule has 27 heavy (non-hydrogen) atoms. The summed E-state index contributed by atoms with van der Waals surface area (Å²) in [6.45, 7) is 7.68. The normalized spacial score (nSPS) is 16.7. The molecule has 1 saturated heterocycles. The lowest BCUT2D eigenvalue weighted by atomic mass is 9.92. The maximum absolute atomic E-state index is 11.7. The van der Waals surface area contributed by atoms with Crippen molar-refractivity contribution in [3.05, 3.63) is 54.7 Å². The fraction of sp³-hybridized carbons (Fsp3) is 0.381. The summed E-state index contributed by atoms with van der Waals surface area (Å²) in [6, 6.07) is 10.8. The van der Waals surface area contributed by atoms with Gasteiger partial charge in [0.2, 0.25) is 0 Å². The molecule has 0 radical (unpaired) electrons. The van der Waals surface area contributed by atoms with Crippen molar-refractivity contribution in [2.24, 2.45) is 5.92 Å². The number of aromatic nitrogens is 1. The standard InChI is InChI=1S/C21H26N2O3S/c1-4-17-8-9-21(22-15-17)23-12-10-18(11-13-23)16(2)26-19-6-5-7-20(14-19)27(3,24)25/h4-9,14-16,18H,1,10-13H2,2-3H3. The van der Waals surface area contributed by atoms with Gasteiger partial charge >= 0.3 is 0 Å². The summed E-state index contributed by atoms with van der Waals surface area (Å²) >= 11 is 0. The molecule has 1 aliphatic heterocycles. The van der Waals surface area contributed by atoms with Crippen molar-refractivity contribution in [3.8, 4) is 5.75 Å². The third-order valence-electron chi connectivity index (χ3n) is 5.09. The summed E-state index contributed by atoms with van der Waals surface area (Å²) in [6.07, 6.45) is 6.89. The number of nitrogens with zero attached hydrogens (tertiary/aromatic N) is 2. The molecule has 3 rings (SSSR count). The predicted octanol–water partition coefficient (Wildman–Crippen LogP) is 3.81. The highest BCUT2D eigenvalue weighted by Gasteiger charge is 2.26. The van der Waals surface area contributed by atoms with Gasteiger partial charge in [-0.05, 0) is 61.6 Å². The second kappa shape index (κ2) is 8.13. The van der Waals surface area contributed by atoms with Gasteiger partial charge < -0.3 is 9.64 Å². The molecule has 1 atom stereocenters. The van der Waals surface area contributed by atoms with Crippen molar-refractivity contribution in [3.63, 3.8) is 0 Å². The number of rotatable bonds is 6. The first-order valence-corrected chi connectivity index (χ1v) is 11.1. The van der Waals surface area contributed by atoms with Gasteiger partial charge in [0.05, 0.1) is 11.0 Å². The first-order chi connectivity index (χ1) is 12.9. The minimum absolute atomic E-state index is 0.0260. The number of hydrogen-bond donors (Lipinski definition) is 0. The van der Waals surface area contributed by atoms with Crippen LogP contribution in [0.3, 0.4) is 0 Å². The average Bonchev–Trinajstić information content (AvgIpc) is 2.68. The molecule has 5 nitrogen and oxygen atoms in total. The Labute approximate surface area is 161 Å². The zero-order valence-electron chi connectivity index (χ0n) is 15.8. The van der Waals surface area contributed by atoms with Crippen molar-refractivity contribution >= 4 is 21.7 Å². The highest BCUT2D eigenvalue weighted by Crippen LogP contribution is 2.27. The number of pyridine rings is 1. The monoisotopic (exact) mass is 386 g/mol. The van der Waals surface area contributed by atoms with Crippen molar-refractivity contribution in [1.82, 2.24) is 4.98 Å². The minimum atomic E-state index is -3.23. The van der Waals surface area contributed by atoms with E-state index in [-0.39, 0.29) is 11.0 Å². The summed E-state index contributed by atoms with van der Waals surface area (Å²) in [7, 11) is -3.23. The van der Waals surface area contributed by atoms with Gasteiger partial charge in [0.15, 0.2) is 9.84 Å². The van der Waals surface area contributed by atoms with Crippen LogP contribution in [0.25, 0.3) is 6.08 Å². The molecule has 1 aromatic heterocycles. The van der Waals surface area contributed by atoms with Crippen molar-refractivity contribution in [1.29, 1.82) is 0 Å². The largest absolute Gasteiger partial charge is 0.490 e. The van der Waals surface area contributed by atoms with Crippen LogP contribution < -0.4 is 9.64 Å². The van der Waals surface area contributed by atoms with Gasteiger partial charge in [-0.3, -0.25) is 0 Å². The summed E-state index contributed by atoms with van der Waals surface area (Å²) in [5, 5.41) is 0. The zero-order valence-corrected chi connectivity index (χ0v) is 16.7. The number of anilines is 1. The molecule has 2 heterocycles. The average molecular weight is 387 g/mol. The summed E-state index contributed by atoms with van der Waals surface area (Å²) in [5.41, 5.74) is 1.02. The Morgan fingerprint density at radius 2 is 2.00 bits per heavy atom. The van der Waals surface area contributed by atoms with Gasteiger partial charge in [-0.25, -0.2) is 13.4 Å². The third kappa shape index (κ3) is 4.89. The second-order valence-electron chi connectivity index (χ2n) is 7.05. The molecule has 1 aromatic carbocycles. The SMILES string of the molecule is C=Cc1ccc(N2CCC(C(C)Oc3cccc(S(C)(=O)=O)c3)CC2)nc1. The molecule has 0 amide bonds. The lowest BCUT2D eigenvalue weighted by Crippen LogP contribution is -2.39. The highest BCUT2D eigenvalue weighted by molar-refractivity contribution is 7.90. The maximum Gasteiger partial charge on any atom is 0.175 e. The lowest BCUT2D eigenvalue weighted by Gasteiger charge is -2.35. The van der Waals surface area contributed by atoms with E-state index in [1.54, 1.807) is 24.3 Å². The second-order valence-corrected chi connectivity index (χ2v) is 9.06. The van der Waals surface area contributed by atoms with Gasteiger partial charge in [-0.2, -0.15) is 0 Å². The van der Waals surface area contributed by atoms with E-state index in [9.17, 15) is 8.42 Å². The van der Waals surface area contributed by atoms with Crippen molar-refractivity contribution in [2.45, 2.75) is 30.8 Å². The van der Waals surface area contributed by atoms with Gasteiger partial charge in [-0.15, -0.1) is 0 Å². The van der Waals surface area contributed by atoms with E-state index in [2.05, 4.69) is 23.4 Å². The van der Waals surface area contributed by atoms with Gasteiger partial charge in [0.25, 0.3) is 0 Å². The van der Waals surface area contributed by atoms with E-state index >= 15 is 0 Å². The molecule has 0 spiro atoms. The van der Waals surface area contributed by atoms with Crippen LogP contribution in [-0.4, -0.2) is 38.9 Å². The molecular formula is C21H26N2O3S. The van der Waals surface area contributed by atoms with E-state index in [1.807, 2.05) is 24.4 Å². The molecule has 144 valence electrons. The molecule has 1 fully saturated rings. The van der Waals surface area contributed by atoms with Gasteiger partial charge in [-0.1, -0.05) is 18.7 Å². The predicted molar refractivity (Wildman–Crippen MR) is 109 cm³/mol. The fourth-order valence-corrected chi connectivity index (χ4v) is 4.05. The number of sulfone groups is 1. The molecule has 1 aliphatic rings. The molecule has 0 bridgehead atoms. The van der Waals surface area contributed by atoms with E-state index in [0.717, 1.165) is 37.3 Å². The summed E-state index contributed by atoms with van der Waals surface area (Å²) < 4.78 is 29.5. The first kappa shape index (κ1) is 19.4. The number of benzene rings is 1. The van der Waals surface area contributed by atoms with Crippen molar-refractivity contribution in [2.75, 3.05) is 24.2 Å². The van der Waals surface area contributed by atoms with Crippen LogP contribution in [0, 0.1) is 5.92 Å². The first-order valence-electron chi connectivity index (χ1n) is 9.17. The van der Waals surface area contributed by atoms with Crippen LogP contribution in [0.15, 0.2) is 54.1 Å². The molecule has 0 N–H and O–H groups in total.